The van der Waals surface area contributed by atoms with Gasteiger partial charge in [-0.1, -0.05) is 0 Å². The molecule has 6 heteroatoms. The molecule has 1 aliphatic rings. The molecule has 3 nitrogen and oxygen atoms in total. The number of aromatic nitrogens is 1. The van der Waals surface area contributed by atoms with Crippen molar-refractivity contribution in [3.63, 3.8) is 0 Å². The lowest BCUT2D eigenvalue weighted by molar-refractivity contribution is 0.0728. The van der Waals surface area contributed by atoms with E-state index >= 15 is 0 Å². The number of halogens is 3. The molecule has 15 heavy (non-hydrogen) atoms. The minimum Gasteiger partial charge on any atom is -0.476 e. The van der Waals surface area contributed by atoms with E-state index in [9.17, 15) is 0 Å². The lowest BCUT2D eigenvalue weighted by atomic mass is 10.2. The Balaban J connectivity index is 0.000000980. The van der Waals surface area contributed by atoms with E-state index in [1.165, 1.54) is 6.42 Å². The van der Waals surface area contributed by atoms with Crippen LogP contribution in [0.1, 0.15) is 6.42 Å². The maximum absolute atomic E-state index is 5.52. The summed E-state index contributed by atoms with van der Waals surface area (Å²) in [4.78, 5) is 6.27. The van der Waals surface area contributed by atoms with Crippen LogP contribution in [0.3, 0.4) is 0 Å². The molecule has 1 aromatic heterocycles. The van der Waals surface area contributed by atoms with E-state index < -0.39 is 0 Å². The second-order valence-corrected chi connectivity index (χ2v) is 4.00. The monoisotopic (exact) mass is 314 g/mol. The first-order valence-electron chi connectivity index (χ1n) is 4.30. The van der Waals surface area contributed by atoms with Gasteiger partial charge < -0.3 is 4.74 Å². The first kappa shape index (κ1) is 15.0. The molecule has 0 bridgehead atoms. The Bertz CT molecular complexity index is 297. The Morgan fingerprint density at radius 2 is 2.07 bits per heavy atom. The molecule has 1 aromatic rings. The van der Waals surface area contributed by atoms with Gasteiger partial charge in [-0.05, 0) is 28.4 Å². The van der Waals surface area contributed by atoms with Gasteiger partial charge in [0.25, 0.3) is 0 Å². The van der Waals surface area contributed by atoms with Crippen molar-refractivity contribution in [2.45, 2.75) is 6.42 Å². The molecule has 0 spiro atoms. The molecule has 0 atom stereocenters. The number of ether oxygens (including phenoxy) is 1. The van der Waals surface area contributed by atoms with Gasteiger partial charge in [-0.25, -0.2) is 0 Å². The molecule has 1 saturated heterocycles. The molecule has 86 valence electrons. The Kier molecular flexibility index (Phi) is 7.26. The Hall–Kier alpha value is -0.0300. The van der Waals surface area contributed by atoms with Gasteiger partial charge in [0, 0.05) is 23.8 Å². The molecule has 0 aliphatic carbocycles. The Labute approximate surface area is 110 Å². The molecule has 2 heterocycles. The second-order valence-electron chi connectivity index (χ2n) is 3.08. The van der Waals surface area contributed by atoms with E-state index in [1.54, 1.807) is 12.4 Å². The van der Waals surface area contributed by atoms with E-state index in [0.29, 0.717) is 6.73 Å². The Morgan fingerprint density at radius 3 is 2.60 bits per heavy atom. The van der Waals surface area contributed by atoms with Crippen LogP contribution in [0.15, 0.2) is 22.9 Å². The summed E-state index contributed by atoms with van der Waals surface area (Å²) in [6, 6.07) is 1.92. The minimum absolute atomic E-state index is 0. The highest BCUT2D eigenvalue weighted by atomic mass is 79.9. The highest BCUT2D eigenvalue weighted by Gasteiger charge is 2.13. The molecule has 0 N–H and O–H groups in total. The molecular weight excluding hydrogens is 303 g/mol. The number of hydrogen-bond acceptors (Lipinski definition) is 3. The molecule has 0 unspecified atom stereocenters. The van der Waals surface area contributed by atoms with Crippen molar-refractivity contribution < 1.29 is 4.74 Å². The largest absolute Gasteiger partial charge is 0.476 e. The number of pyridine rings is 1. The predicted molar refractivity (Wildman–Crippen MR) is 68.1 cm³/mol. The van der Waals surface area contributed by atoms with E-state index in [2.05, 4.69) is 25.8 Å². The normalized spacial score (nSPS) is 14.5. The molecule has 1 aliphatic heterocycles. The van der Waals surface area contributed by atoms with E-state index in [0.717, 1.165) is 23.3 Å². The van der Waals surface area contributed by atoms with Crippen molar-refractivity contribution in [3.8, 4) is 5.75 Å². The van der Waals surface area contributed by atoms with Crippen LogP contribution in [-0.2, 0) is 0 Å². The second kappa shape index (κ2) is 7.28. The van der Waals surface area contributed by atoms with Gasteiger partial charge in [0.1, 0.15) is 12.5 Å². The quantitative estimate of drug-likeness (QED) is 0.857. The SMILES string of the molecule is Brc1cncc(OCN2CCC2)c1.Cl.Cl. The molecule has 0 aromatic carbocycles. The van der Waals surface area contributed by atoms with Crippen molar-refractivity contribution in [3.05, 3.63) is 22.9 Å². The lowest BCUT2D eigenvalue weighted by Crippen LogP contribution is -2.39. The number of likely N-dealkylation sites (tertiary alicyclic amines) is 1. The summed E-state index contributed by atoms with van der Waals surface area (Å²) < 4.78 is 6.48. The first-order valence-corrected chi connectivity index (χ1v) is 5.09. The zero-order valence-electron chi connectivity index (χ0n) is 8.06. The summed E-state index contributed by atoms with van der Waals surface area (Å²) in [5, 5.41) is 0. The van der Waals surface area contributed by atoms with Crippen LogP contribution in [0.2, 0.25) is 0 Å². The van der Waals surface area contributed by atoms with Crippen LogP contribution in [0, 0.1) is 0 Å². The van der Waals surface area contributed by atoms with Gasteiger partial charge in [-0.2, -0.15) is 0 Å². The van der Waals surface area contributed by atoms with Crippen LogP contribution in [0.4, 0.5) is 0 Å². The predicted octanol–water partition coefficient (Wildman–Crippen LogP) is 2.73. The Morgan fingerprint density at radius 1 is 1.33 bits per heavy atom. The zero-order valence-corrected chi connectivity index (χ0v) is 11.3. The van der Waals surface area contributed by atoms with Crippen molar-refractivity contribution >= 4 is 40.7 Å². The molecule has 1 fully saturated rings. The summed E-state index contributed by atoms with van der Waals surface area (Å²) in [5.41, 5.74) is 0. The van der Waals surface area contributed by atoms with Crippen LogP contribution in [0.5, 0.6) is 5.75 Å². The van der Waals surface area contributed by atoms with Gasteiger partial charge in [-0.15, -0.1) is 24.8 Å². The fourth-order valence-electron chi connectivity index (χ4n) is 1.15. The fraction of sp³-hybridized carbons (Fsp3) is 0.444. The van der Waals surface area contributed by atoms with Gasteiger partial charge in [0.05, 0.1) is 6.20 Å². The van der Waals surface area contributed by atoms with Crippen molar-refractivity contribution in [2.75, 3.05) is 19.8 Å². The molecular formula is C9H13BrCl2N2O. The summed E-state index contributed by atoms with van der Waals surface area (Å²) in [5.74, 6) is 0.821. The van der Waals surface area contributed by atoms with Crippen molar-refractivity contribution in [1.82, 2.24) is 9.88 Å². The third kappa shape index (κ3) is 4.55. The van der Waals surface area contributed by atoms with Gasteiger partial charge >= 0.3 is 0 Å². The van der Waals surface area contributed by atoms with Gasteiger partial charge in [0.15, 0.2) is 0 Å². The summed E-state index contributed by atoms with van der Waals surface area (Å²) in [6.07, 6.45) is 4.77. The number of hydrogen-bond donors (Lipinski definition) is 0. The highest BCUT2D eigenvalue weighted by Crippen LogP contribution is 2.16. The molecule has 0 amide bonds. The van der Waals surface area contributed by atoms with Crippen molar-refractivity contribution in [1.29, 1.82) is 0 Å². The topological polar surface area (TPSA) is 25.4 Å². The zero-order chi connectivity index (χ0) is 9.10. The highest BCUT2D eigenvalue weighted by molar-refractivity contribution is 9.10. The van der Waals surface area contributed by atoms with E-state index in [1.807, 2.05) is 6.07 Å². The first-order chi connectivity index (χ1) is 6.34. The standard InChI is InChI=1S/C9H11BrN2O.2ClH/c10-8-4-9(6-11-5-8)13-7-12-2-1-3-12;;/h4-6H,1-3,7H2;2*1H. The molecule has 2 rings (SSSR count). The molecule has 0 saturated carbocycles. The summed E-state index contributed by atoms with van der Waals surface area (Å²) in [6.45, 7) is 2.99. The van der Waals surface area contributed by atoms with Crippen LogP contribution >= 0.6 is 40.7 Å². The number of nitrogens with zero attached hydrogens (tertiary/aromatic N) is 2. The summed E-state index contributed by atoms with van der Waals surface area (Å²) >= 11 is 3.34. The molecule has 0 radical (unpaired) electrons. The lowest BCUT2D eigenvalue weighted by Gasteiger charge is -2.29. The van der Waals surface area contributed by atoms with E-state index in [-0.39, 0.29) is 24.8 Å². The van der Waals surface area contributed by atoms with Gasteiger partial charge in [-0.3, -0.25) is 9.88 Å². The maximum Gasteiger partial charge on any atom is 0.142 e. The van der Waals surface area contributed by atoms with Crippen LogP contribution in [0.25, 0.3) is 0 Å². The smallest absolute Gasteiger partial charge is 0.142 e. The van der Waals surface area contributed by atoms with Crippen molar-refractivity contribution in [2.24, 2.45) is 0 Å². The van der Waals surface area contributed by atoms with Gasteiger partial charge in [0.2, 0.25) is 0 Å². The number of rotatable bonds is 3. The average Bonchev–Trinajstić information content (AvgIpc) is 2.01. The third-order valence-corrected chi connectivity index (χ3v) is 2.48. The maximum atomic E-state index is 5.52. The van der Waals surface area contributed by atoms with Crippen LogP contribution < -0.4 is 4.74 Å². The third-order valence-electron chi connectivity index (χ3n) is 2.04. The fourth-order valence-corrected chi connectivity index (χ4v) is 1.49. The average molecular weight is 316 g/mol. The summed E-state index contributed by atoms with van der Waals surface area (Å²) in [7, 11) is 0. The minimum atomic E-state index is 0. The van der Waals surface area contributed by atoms with E-state index in [4.69, 9.17) is 4.74 Å². The van der Waals surface area contributed by atoms with Crippen LogP contribution in [-0.4, -0.2) is 29.7 Å².